The molecule has 32 heavy (non-hydrogen) atoms. The van der Waals surface area contributed by atoms with Crippen LogP contribution in [-0.2, 0) is 34.0 Å². The standard InChI is InChI=1S/C22H31N5O4S/c1-15(29)26(16-9-13-32(30,31)14-16)10-4-5-11-27-19(8-12-28)25-20-21(27)17-6-2-3-7-18(17)24-22(20)23/h2,6,16,28H,3-5,7-14H2,1H3,(H2,23,24). The summed E-state index contributed by atoms with van der Waals surface area (Å²) in [6, 6.07) is -0.223. The zero-order valence-electron chi connectivity index (χ0n) is 18.5. The number of rotatable bonds is 8. The third-order valence-corrected chi connectivity index (χ3v) is 8.11. The van der Waals surface area contributed by atoms with Crippen LogP contribution in [0, 0.1) is 0 Å². The molecule has 1 aliphatic carbocycles. The van der Waals surface area contributed by atoms with Gasteiger partial charge in [-0.3, -0.25) is 4.79 Å². The Balaban J connectivity index is 1.52. The van der Waals surface area contributed by atoms with Gasteiger partial charge in [-0.1, -0.05) is 12.2 Å². The molecule has 1 unspecified atom stereocenters. The Hall–Kier alpha value is -2.46. The van der Waals surface area contributed by atoms with Gasteiger partial charge in [-0.15, -0.1) is 0 Å². The molecule has 0 aromatic carbocycles. The lowest BCUT2D eigenvalue weighted by molar-refractivity contribution is -0.130. The predicted octanol–water partition coefficient (Wildman–Crippen LogP) is 1.32. The van der Waals surface area contributed by atoms with Gasteiger partial charge >= 0.3 is 0 Å². The minimum Gasteiger partial charge on any atom is -0.396 e. The number of pyridine rings is 1. The number of fused-ring (bicyclic) bond motifs is 3. The number of anilines is 1. The molecule has 4 rings (SSSR count). The van der Waals surface area contributed by atoms with Crippen LogP contribution in [-0.4, -0.2) is 69.6 Å². The van der Waals surface area contributed by atoms with Crippen molar-refractivity contribution in [3.8, 4) is 0 Å². The van der Waals surface area contributed by atoms with Gasteiger partial charge < -0.3 is 20.3 Å². The molecule has 0 radical (unpaired) electrons. The Bertz CT molecular complexity index is 1160. The first-order valence-corrected chi connectivity index (χ1v) is 13.1. The third kappa shape index (κ3) is 4.52. The summed E-state index contributed by atoms with van der Waals surface area (Å²) < 4.78 is 25.8. The fourth-order valence-corrected chi connectivity index (χ4v) is 6.57. The van der Waals surface area contributed by atoms with Crippen LogP contribution in [0.3, 0.4) is 0 Å². The Labute approximate surface area is 188 Å². The van der Waals surface area contributed by atoms with Crippen LogP contribution in [0.15, 0.2) is 6.08 Å². The minimum absolute atomic E-state index is 0.0110. The number of amides is 1. The van der Waals surface area contributed by atoms with Crippen LogP contribution in [0.5, 0.6) is 0 Å². The summed E-state index contributed by atoms with van der Waals surface area (Å²) in [5, 5.41) is 9.54. The second-order valence-electron chi connectivity index (χ2n) is 8.63. The lowest BCUT2D eigenvalue weighted by atomic mass is 10.0. The maximum atomic E-state index is 12.1. The van der Waals surface area contributed by atoms with Gasteiger partial charge in [0.2, 0.25) is 5.91 Å². The first-order valence-electron chi connectivity index (χ1n) is 11.2. The largest absolute Gasteiger partial charge is 0.396 e. The number of hydrogen-bond donors (Lipinski definition) is 2. The van der Waals surface area contributed by atoms with E-state index in [1.54, 1.807) is 4.90 Å². The van der Waals surface area contributed by atoms with Gasteiger partial charge in [0.15, 0.2) is 15.7 Å². The summed E-state index contributed by atoms with van der Waals surface area (Å²) in [6.07, 6.45) is 8.44. The summed E-state index contributed by atoms with van der Waals surface area (Å²) >= 11 is 0. The SMILES string of the molecule is CC(=O)N(CCCCn1c(CCO)nc2c(N)nc3c(c21)C=CCC3)C1CCS(=O)(=O)C1. The smallest absolute Gasteiger partial charge is 0.219 e. The van der Waals surface area contributed by atoms with Crippen molar-refractivity contribution >= 4 is 38.7 Å². The lowest BCUT2D eigenvalue weighted by Gasteiger charge is -2.27. The molecule has 10 heteroatoms. The number of carbonyl (C=O) groups is 1. The molecule has 3 N–H and O–H groups in total. The van der Waals surface area contributed by atoms with E-state index < -0.39 is 9.84 Å². The Morgan fingerprint density at radius 1 is 1.34 bits per heavy atom. The Morgan fingerprint density at radius 3 is 2.84 bits per heavy atom. The van der Waals surface area contributed by atoms with E-state index in [1.165, 1.54) is 6.92 Å². The zero-order valence-corrected chi connectivity index (χ0v) is 19.3. The maximum absolute atomic E-state index is 12.1. The average Bonchev–Trinajstić information content (AvgIpc) is 3.28. The molecule has 2 aromatic rings. The molecule has 2 aliphatic rings. The van der Waals surface area contributed by atoms with Crippen LogP contribution in [0.2, 0.25) is 0 Å². The highest BCUT2D eigenvalue weighted by atomic mass is 32.2. The topological polar surface area (TPSA) is 131 Å². The number of nitrogens with two attached hydrogens (primary N) is 1. The number of allylic oxidation sites excluding steroid dienone is 1. The normalized spacial score (nSPS) is 19.4. The summed E-state index contributed by atoms with van der Waals surface area (Å²) in [6.45, 7) is 2.69. The van der Waals surface area contributed by atoms with Crippen molar-refractivity contribution in [2.75, 3.05) is 30.4 Å². The summed E-state index contributed by atoms with van der Waals surface area (Å²) in [4.78, 5) is 23.1. The van der Waals surface area contributed by atoms with Crippen LogP contribution >= 0.6 is 0 Å². The number of nitrogens with zero attached hydrogens (tertiary/aromatic N) is 4. The van der Waals surface area contributed by atoms with E-state index >= 15 is 0 Å². The molecule has 0 spiro atoms. The first kappa shape index (κ1) is 22.7. The molecule has 1 aliphatic heterocycles. The number of aromatic nitrogens is 3. The number of sulfone groups is 1. The second-order valence-corrected chi connectivity index (χ2v) is 10.9. The van der Waals surface area contributed by atoms with Crippen molar-refractivity contribution in [1.82, 2.24) is 19.4 Å². The van der Waals surface area contributed by atoms with E-state index in [0.717, 1.165) is 48.3 Å². The van der Waals surface area contributed by atoms with Crippen molar-refractivity contribution in [3.05, 3.63) is 23.2 Å². The summed E-state index contributed by atoms with van der Waals surface area (Å²) in [7, 11) is -3.04. The number of hydrogen-bond acceptors (Lipinski definition) is 7. The van der Waals surface area contributed by atoms with Crippen molar-refractivity contribution in [3.63, 3.8) is 0 Å². The molecule has 9 nitrogen and oxygen atoms in total. The molecule has 0 bridgehead atoms. The molecule has 1 amide bonds. The maximum Gasteiger partial charge on any atom is 0.219 e. The van der Waals surface area contributed by atoms with Gasteiger partial charge in [-0.05, 0) is 32.1 Å². The molecule has 0 saturated carbocycles. The predicted molar refractivity (Wildman–Crippen MR) is 124 cm³/mol. The highest BCUT2D eigenvalue weighted by Crippen LogP contribution is 2.31. The van der Waals surface area contributed by atoms with Crippen molar-refractivity contribution in [2.24, 2.45) is 0 Å². The minimum atomic E-state index is -3.04. The summed E-state index contributed by atoms with van der Waals surface area (Å²) in [5.41, 5.74) is 9.85. The Morgan fingerprint density at radius 2 is 2.16 bits per heavy atom. The molecular weight excluding hydrogens is 430 g/mol. The zero-order chi connectivity index (χ0) is 22.9. The van der Waals surface area contributed by atoms with Gasteiger partial charge in [-0.25, -0.2) is 18.4 Å². The average molecular weight is 462 g/mol. The molecule has 1 atom stereocenters. The van der Waals surface area contributed by atoms with Gasteiger partial charge in [0.1, 0.15) is 11.3 Å². The quantitative estimate of drug-likeness (QED) is 0.567. The second kappa shape index (κ2) is 9.19. The van der Waals surface area contributed by atoms with Crippen LogP contribution in [0.4, 0.5) is 5.82 Å². The number of carbonyl (C=O) groups excluding carboxylic acids is 1. The van der Waals surface area contributed by atoms with Crippen molar-refractivity contribution in [2.45, 2.75) is 58.0 Å². The number of unbranched alkanes of at least 4 members (excludes halogenated alkanes) is 1. The summed E-state index contributed by atoms with van der Waals surface area (Å²) in [5.74, 6) is 1.32. The number of aryl methyl sites for hydroxylation is 2. The van der Waals surface area contributed by atoms with Crippen molar-refractivity contribution < 1.29 is 18.3 Å². The molecule has 3 heterocycles. The van der Waals surface area contributed by atoms with Gasteiger partial charge in [0, 0.05) is 38.0 Å². The number of aliphatic hydroxyl groups is 1. The van der Waals surface area contributed by atoms with E-state index in [4.69, 9.17) is 5.73 Å². The monoisotopic (exact) mass is 461 g/mol. The van der Waals surface area contributed by atoms with E-state index in [0.29, 0.717) is 37.3 Å². The van der Waals surface area contributed by atoms with Crippen LogP contribution < -0.4 is 5.73 Å². The van der Waals surface area contributed by atoms with Crippen molar-refractivity contribution in [1.29, 1.82) is 0 Å². The number of imidazole rings is 1. The number of nitrogen functional groups attached to an aromatic ring is 1. The molecular formula is C22H31N5O4S. The van der Waals surface area contributed by atoms with Crippen LogP contribution in [0.25, 0.3) is 17.1 Å². The van der Waals surface area contributed by atoms with Gasteiger partial charge in [-0.2, -0.15) is 0 Å². The van der Waals surface area contributed by atoms with E-state index in [-0.39, 0.29) is 30.1 Å². The fraction of sp³-hybridized carbons (Fsp3) is 0.591. The van der Waals surface area contributed by atoms with Gasteiger partial charge in [0.05, 0.1) is 29.3 Å². The lowest BCUT2D eigenvalue weighted by Crippen LogP contribution is -2.40. The molecule has 2 aromatic heterocycles. The highest BCUT2D eigenvalue weighted by molar-refractivity contribution is 7.91. The number of aliphatic hydroxyl groups excluding tert-OH is 1. The molecule has 1 fully saturated rings. The van der Waals surface area contributed by atoms with E-state index in [9.17, 15) is 18.3 Å². The molecule has 174 valence electrons. The van der Waals surface area contributed by atoms with E-state index in [1.807, 2.05) is 0 Å². The first-order chi connectivity index (χ1) is 15.3. The van der Waals surface area contributed by atoms with E-state index in [2.05, 4.69) is 26.7 Å². The van der Waals surface area contributed by atoms with Crippen LogP contribution in [0.1, 0.15) is 49.7 Å². The fourth-order valence-electron chi connectivity index (χ4n) is 4.84. The highest BCUT2D eigenvalue weighted by Gasteiger charge is 2.33. The Kier molecular flexibility index (Phi) is 6.52. The third-order valence-electron chi connectivity index (χ3n) is 6.36. The molecule has 1 saturated heterocycles. The van der Waals surface area contributed by atoms with Gasteiger partial charge in [0.25, 0.3) is 0 Å².